The minimum absolute atomic E-state index is 0.184. The van der Waals surface area contributed by atoms with Gasteiger partial charge in [0.25, 0.3) is 5.91 Å². The number of carbonyl (C=O) groups excluding carboxylic acids is 1. The molecule has 1 aromatic heterocycles. The number of amides is 1. The normalized spacial score (nSPS) is 10.8. The SMILES string of the molecule is CN(C(=O)/C=C/c1ccc(Cl)s1)c1ccc(C(=O)O)cc1. The standard InChI is InChI=1S/C15H12ClNO3S/c1-17(11-4-2-10(3-5-11)15(19)20)14(18)9-7-12-6-8-13(16)21-12/h2-9H,1H3,(H,19,20)/b9-7+. The highest BCUT2D eigenvalue weighted by molar-refractivity contribution is 7.17. The van der Waals surface area contributed by atoms with Gasteiger partial charge >= 0.3 is 5.97 Å². The van der Waals surface area contributed by atoms with E-state index in [0.717, 1.165) is 4.88 Å². The number of aromatic carboxylic acids is 1. The molecular weight excluding hydrogens is 310 g/mol. The Morgan fingerprint density at radius 1 is 1.19 bits per heavy atom. The molecule has 0 radical (unpaired) electrons. The maximum absolute atomic E-state index is 12.0. The zero-order valence-electron chi connectivity index (χ0n) is 11.1. The van der Waals surface area contributed by atoms with E-state index < -0.39 is 5.97 Å². The molecule has 0 aliphatic rings. The van der Waals surface area contributed by atoms with Gasteiger partial charge in [0.15, 0.2) is 0 Å². The molecule has 0 saturated heterocycles. The second-order valence-electron chi connectivity index (χ2n) is 4.22. The molecule has 1 amide bonds. The number of benzene rings is 1. The van der Waals surface area contributed by atoms with Crippen molar-refractivity contribution in [1.82, 2.24) is 0 Å². The zero-order valence-corrected chi connectivity index (χ0v) is 12.7. The lowest BCUT2D eigenvalue weighted by molar-refractivity contribution is -0.113. The molecule has 1 aromatic carbocycles. The van der Waals surface area contributed by atoms with Crippen molar-refractivity contribution in [2.75, 3.05) is 11.9 Å². The highest BCUT2D eigenvalue weighted by atomic mass is 35.5. The Labute approximate surface area is 130 Å². The van der Waals surface area contributed by atoms with Crippen LogP contribution in [-0.4, -0.2) is 24.0 Å². The number of hydrogen-bond donors (Lipinski definition) is 1. The Hall–Kier alpha value is -2.11. The predicted octanol–water partition coefficient (Wildman–Crippen LogP) is 3.78. The molecule has 2 aromatic rings. The first-order valence-corrected chi connectivity index (χ1v) is 7.21. The van der Waals surface area contributed by atoms with Gasteiger partial charge in [-0.1, -0.05) is 11.6 Å². The lowest BCUT2D eigenvalue weighted by atomic mass is 10.2. The summed E-state index contributed by atoms with van der Waals surface area (Å²) < 4.78 is 0.666. The molecule has 0 spiro atoms. The topological polar surface area (TPSA) is 57.6 Å². The van der Waals surface area contributed by atoms with Crippen LogP contribution in [0.1, 0.15) is 15.2 Å². The number of likely N-dealkylation sites (N-methyl/N-ethyl adjacent to an activating group) is 1. The number of halogens is 1. The molecule has 0 aliphatic carbocycles. The first-order chi connectivity index (χ1) is 9.97. The number of carboxylic acid groups (broad SMARTS) is 1. The van der Waals surface area contributed by atoms with Crippen LogP contribution >= 0.6 is 22.9 Å². The number of anilines is 1. The summed E-state index contributed by atoms with van der Waals surface area (Å²) in [5.74, 6) is -1.20. The number of nitrogens with zero attached hydrogens (tertiary/aromatic N) is 1. The largest absolute Gasteiger partial charge is 0.478 e. The molecule has 0 saturated carbocycles. The van der Waals surface area contributed by atoms with Crippen molar-refractivity contribution in [3.8, 4) is 0 Å². The van der Waals surface area contributed by atoms with Gasteiger partial charge in [-0.25, -0.2) is 4.79 Å². The average Bonchev–Trinajstić information content (AvgIpc) is 2.89. The van der Waals surface area contributed by atoms with Crippen LogP contribution < -0.4 is 4.90 Å². The van der Waals surface area contributed by atoms with E-state index in [2.05, 4.69) is 0 Å². The fourth-order valence-electron chi connectivity index (χ4n) is 1.64. The summed E-state index contributed by atoms with van der Waals surface area (Å²) in [6, 6.07) is 9.71. The van der Waals surface area contributed by atoms with E-state index in [1.54, 1.807) is 31.3 Å². The second kappa shape index (κ2) is 6.56. The molecule has 4 nitrogen and oxygen atoms in total. The Bertz CT molecular complexity index is 691. The minimum Gasteiger partial charge on any atom is -0.478 e. The van der Waals surface area contributed by atoms with E-state index in [4.69, 9.17) is 16.7 Å². The van der Waals surface area contributed by atoms with Crippen molar-refractivity contribution < 1.29 is 14.7 Å². The molecule has 0 bridgehead atoms. The van der Waals surface area contributed by atoms with Crippen molar-refractivity contribution in [2.45, 2.75) is 0 Å². The molecule has 0 unspecified atom stereocenters. The minimum atomic E-state index is -0.995. The number of rotatable bonds is 4. The van der Waals surface area contributed by atoms with Crippen LogP contribution in [0.5, 0.6) is 0 Å². The average molecular weight is 322 g/mol. The summed E-state index contributed by atoms with van der Waals surface area (Å²) in [7, 11) is 1.63. The summed E-state index contributed by atoms with van der Waals surface area (Å²) in [5.41, 5.74) is 0.808. The Morgan fingerprint density at radius 3 is 2.38 bits per heavy atom. The molecule has 21 heavy (non-hydrogen) atoms. The summed E-state index contributed by atoms with van der Waals surface area (Å²) in [6.45, 7) is 0. The summed E-state index contributed by atoms with van der Waals surface area (Å²) in [6.07, 6.45) is 3.15. The second-order valence-corrected chi connectivity index (χ2v) is 5.97. The van der Waals surface area contributed by atoms with Crippen LogP contribution in [0.3, 0.4) is 0 Å². The van der Waals surface area contributed by atoms with Gasteiger partial charge in [0, 0.05) is 23.7 Å². The van der Waals surface area contributed by atoms with Crippen LogP contribution in [0, 0.1) is 0 Å². The summed E-state index contributed by atoms with van der Waals surface area (Å²) in [4.78, 5) is 25.1. The highest BCUT2D eigenvalue weighted by Gasteiger charge is 2.09. The quantitative estimate of drug-likeness (QED) is 0.872. The van der Waals surface area contributed by atoms with Gasteiger partial charge in [-0.3, -0.25) is 4.79 Å². The van der Waals surface area contributed by atoms with Gasteiger partial charge in [-0.15, -0.1) is 11.3 Å². The Kier molecular flexibility index (Phi) is 4.77. The van der Waals surface area contributed by atoms with Crippen molar-refractivity contribution in [3.63, 3.8) is 0 Å². The van der Waals surface area contributed by atoms with Gasteiger partial charge in [-0.2, -0.15) is 0 Å². The Balaban J connectivity index is 2.08. The van der Waals surface area contributed by atoms with Crippen molar-refractivity contribution in [2.24, 2.45) is 0 Å². The van der Waals surface area contributed by atoms with Crippen LogP contribution in [-0.2, 0) is 4.79 Å². The molecule has 1 heterocycles. The maximum Gasteiger partial charge on any atom is 0.335 e. The van der Waals surface area contributed by atoms with E-state index in [0.29, 0.717) is 10.0 Å². The summed E-state index contributed by atoms with van der Waals surface area (Å²) >= 11 is 7.20. The van der Waals surface area contributed by atoms with Gasteiger partial charge in [0.1, 0.15) is 0 Å². The first kappa shape index (κ1) is 15.3. The number of hydrogen-bond acceptors (Lipinski definition) is 3. The highest BCUT2D eigenvalue weighted by Crippen LogP contribution is 2.22. The number of carbonyl (C=O) groups is 2. The zero-order chi connectivity index (χ0) is 15.4. The van der Waals surface area contributed by atoms with Crippen LogP contribution in [0.2, 0.25) is 4.34 Å². The molecule has 108 valence electrons. The monoisotopic (exact) mass is 321 g/mol. The van der Waals surface area contributed by atoms with Crippen molar-refractivity contribution in [1.29, 1.82) is 0 Å². The predicted molar refractivity (Wildman–Crippen MR) is 85.2 cm³/mol. The van der Waals surface area contributed by atoms with Gasteiger partial charge in [0.2, 0.25) is 0 Å². The van der Waals surface area contributed by atoms with Gasteiger partial charge < -0.3 is 10.0 Å². The lowest BCUT2D eigenvalue weighted by Crippen LogP contribution is -2.23. The summed E-state index contributed by atoms with van der Waals surface area (Å²) in [5, 5.41) is 8.83. The maximum atomic E-state index is 12.0. The van der Waals surface area contributed by atoms with E-state index in [-0.39, 0.29) is 11.5 Å². The molecule has 0 aliphatic heterocycles. The van der Waals surface area contributed by atoms with E-state index in [9.17, 15) is 9.59 Å². The number of thiophene rings is 1. The van der Waals surface area contributed by atoms with Crippen molar-refractivity contribution >= 4 is 46.6 Å². The van der Waals surface area contributed by atoms with Gasteiger partial charge in [-0.05, 0) is 42.5 Å². The van der Waals surface area contributed by atoms with Crippen LogP contribution in [0.15, 0.2) is 42.5 Å². The molecule has 0 fully saturated rings. The number of carboxylic acids is 1. The molecule has 1 N–H and O–H groups in total. The van der Waals surface area contributed by atoms with E-state index >= 15 is 0 Å². The third kappa shape index (κ3) is 3.93. The smallest absolute Gasteiger partial charge is 0.335 e. The lowest BCUT2D eigenvalue weighted by Gasteiger charge is -2.15. The van der Waals surface area contributed by atoms with Crippen molar-refractivity contribution in [3.05, 3.63) is 57.3 Å². The molecule has 0 atom stereocenters. The molecule has 2 rings (SSSR count). The Morgan fingerprint density at radius 2 is 1.86 bits per heavy atom. The molecular formula is C15H12ClNO3S. The van der Waals surface area contributed by atoms with Gasteiger partial charge in [0.05, 0.1) is 9.90 Å². The fourth-order valence-corrected chi connectivity index (χ4v) is 2.60. The first-order valence-electron chi connectivity index (χ1n) is 6.02. The van der Waals surface area contributed by atoms with E-state index in [1.165, 1.54) is 34.4 Å². The van der Waals surface area contributed by atoms with Crippen LogP contribution in [0.4, 0.5) is 5.69 Å². The third-order valence-corrected chi connectivity index (χ3v) is 4.01. The van der Waals surface area contributed by atoms with Crippen LogP contribution in [0.25, 0.3) is 6.08 Å². The fraction of sp³-hybridized carbons (Fsp3) is 0.0667. The third-order valence-electron chi connectivity index (χ3n) is 2.82. The molecule has 6 heteroatoms. The van der Waals surface area contributed by atoms with E-state index in [1.807, 2.05) is 6.07 Å².